The third-order valence-electron chi connectivity index (χ3n) is 4.70. The molecule has 1 saturated heterocycles. The number of amides is 3. The Hall–Kier alpha value is -3.07. The van der Waals surface area contributed by atoms with E-state index in [0.29, 0.717) is 31.1 Å². The molecule has 0 unspecified atom stereocenters. The van der Waals surface area contributed by atoms with E-state index >= 15 is 0 Å². The van der Waals surface area contributed by atoms with Gasteiger partial charge in [-0.15, -0.1) is 13.2 Å². The summed E-state index contributed by atoms with van der Waals surface area (Å²) in [6, 6.07) is 11.4. The predicted molar refractivity (Wildman–Crippen MR) is 133 cm³/mol. The molecule has 0 radical (unpaired) electrons. The van der Waals surface area contributed by atoms with Crippen molar-refractivity contribution in [2.45, 2.75) is 20.0 Å². The van der Waals surface area contributed by atoms with Gasteiger partial charge in [0.1, 0.15) is 12.3 Å². The fourth-order valence-corrected chi connectivity index (χ4v) is 3.63. The first kappa shape index (κ1) is 23.6. The fraction of sp³-hybridized carbons (Fsp3) is 0.200. The Labute approximate surface area is 201 Å². The van der Waals surface area contributed by atoms with Crippen molar-refractivity contribution < 1.29 is 19.1 Å². The van der Waals surface area contributed by atoms with Crippen LogP contribution in [0.4, 0.5) is 4.79 Å². The summed E-state index contributed by atoms with van der Waals surface area (Å²) in [4.78, 5) is 25.7. The van der Waals surface area contributed by atoms with Crippen LogP contribution in [-0.4, -0.2) is 30.0 Å². The van der Waals surface area contributed by atoms with E-state index in [4.69, 9.17) is 9.47 Å². The van der Waals surface area contributed by atoms with E-state index in [-0.39, 0.29) is 12.2 Å². The molecule has 0 aromatic heterocycles. The summed E-state index contributed by atoms with van der Waals surface area (Å²) in [5.41, 5.74) is 2.85. The molecule has 32 heavy (non-hydrogen) atoms. The first-order chi connectivity index (χ1) is 15.5. The number of benzene rings is 2. The topological polar surface area (TPSA) is 67.9 Å². The molecule has 7 heteroatoms. The highest BCUT2D eigenvalue weighted by molar-refractivity contribution is 14.1. The van der Waals surface area contributed by atoms with E-state index in [2.05, 4.69) is 41.1 Å². The molecular weight excluding hydrogens is 519 g/mol. The number of rotatable bonds is 10. The molecular formula is C25H25IN2O4. The minimum atomic E-state index is -0.463. The number of ether oxygens (including phenoxy) is 2. The molecule has 0 bridgehead atoms. The molecule has 2 aromatic carbocycles. The number of allylic oxidation sites excluding steroid dienone is 1. The smallest absolute Gasteiger partial charge is 0.329 e. The lowest BCUT2D eigenvalue weighted by Gasteiger charge is -2.17. The molecule has 1 fully saturated rings. The van der Waals surface area contributed by atoms with Crippen molar-refractivity contribution in [2.75, 3.05) is 13.2 Å². The number of hydrogen-bond acceptors (Lipinski definition) is 4. The lowest BCUT2D eigenvalue weighted by atomic mass is 10.0. The fourth-order valence-electron chi connectivity index (χ4n) is 3.27. The average Bonchev–Trinajstić information content (AvgIpc) is 3.02. The monoisotopic (exact) mass is 544 g/mol. The van der Waals surface area contributed by atoms with Crippen LogP contribution in [0.1, 0.15) is 23.6 Å². The van der Waals surface area contributed by atoms with Crippen molar-refractivity contribution in [3.8, 4) is 11.5 Å². The molecule has 1 N–H and O–H groups in total. The van der Waals surface area contributed by atoms with E-state index in [1.54, 1.807) is 12.2 Å². The van der Waals surface area contributed by atoms with Gasteiger partial charge in [-0.1, -0.05) is 24.3 Å². The van der Waals surface area contributed by atoms with Crippen LogP contribution in [0.3, 0.4) is 0 Å². The molecule has 1 aliphatic rings. The van der Waals surface area contributed by atoms with Crippen LogP contribution in [0.15, 0.2) is 67.4 Å². The van der Waals surface area contributed by atoms with Crippen LogP contribution >= 0.6 is 22.6 Å². The van der Waals surface area contributed by atoms with Gasteiger partial charge in [-0.25, -0.2) is 4.79 Å². The molecule has 3 amide bonds. The van der Waals surface area contributed by atoms with Gasteiger partial charge < -0.3 is 14.8 Å². The standard InChI is InChI=1S/C25H25IN2O4/c1-4-7-19-13-18(14-21-24(29)28(12-5-2)25(30)27-21)15-22(31-6-3)23(19)32-16-17-8-10-20(26)11-9-17/h4-5,8-11,13-15H,1-2,6-7,12,16H2,3H3,(H,27,30)/b21-14+. The first-order valence-corrected chi connectivity index (χ1v) is 11.3. The number of halogens is 1. The summed E-state index contributed by atoms with van der Waals surface area (Å²) < 4.78 is 13.2. The number of carbonyl (C=O) groups is 2. The van der Waals surface area contributed by atoms with Gasteiger partial charge in [0, 0.05) is 15.7 Å². The van der Waals surface area contributed by atoms with Crippen molar-refractivity contribution in [3.63, 3.8) is 0 Å². The lowest BCUT2D eigenvalue weighted by molar-refractivity contribution is -0.122. The van der Waals surface area contributed by atoms with E-state index in [9.17, 15) is 9.59 Å². The summed E-state index contributed by atoms with van der Waals surface area (Å²) in [5.74, 6) is 0.823. The Morgan fingerprint density at radius 1 is 1.09 bits per heavy atom. The molecule has 0 spiro atoms. The summed E-state index contributed by atoms with van der Waals surface area (Å²) in [6.07, 6.45) is 5.49. The summed E-state index contributed by atoms with van der Waals surface area (Å²) in [6.45, 7) is 10.3. The zero-order valence-electron chi connectivity index (χ0n) is 17.9. The average molecular weight is 544 g/mol. The van der Waals surface area contributed by atoms with E-state index in [0.717, 1.165) is 25.2 Å². The normalized spacial score (nSPS) is 14.4. The van der Waals surface area contributed by atoms with Crippen LogP contribution in [0, 0.1) is 3.57 Å². The van der Waals surface area contributed by atoms with Gasteiger partial charge in [0.05, 0.1) is 6.61 Å². The number of hydrogen-bond donors (Lipinski definition) is 1. The molecule has 6 nitrogen and oxygen atoms in total. The van der Waals surface area contributed by atoms with Gasteiger partial charge in [-0.2, -0.15) is 0 Å². The zero-order valence-corrected chi connectivity index (χ0v) is 20.1. The van der Waals surface area contributed by atoms with Gasteiger partial charge in [-0.05, 0) is 77.4 Å². The number of imide groups is 1. The maximum absolute atomic E-state index is 12.5. The summed E-state index contributed by atoms with van der Waals surface area (Å²) >= 11 is 2.27. The van der Waals surface area contributed by atoms with E-state index in [1.807, 2.05) is 43.3 Å². The Morgan fingerprint density at radius 3 is 2.50 bits per heavy atom. The Bertz CT molecular complexity index is 1060. The Balaban J connectivity index is 1.94. The van der Waals surface area contributed by atoms with Crippen molar-refractivity contribution in [1.29, 1.82) is 0 Å². The quantitative estimate of drug-likeness (QED) is 0.196. The van der Waals surface area contributed by atoms with Crippen molar-refractivity contribution in [2.24, 2.45) is 0 Å². The first-order valence-electron chi connectivity index (χ1n) is 10.2. The summed E-state index contributed by atoms with van der Waals surface area (Å²) in [7, 11) is 0. The van der Waals surface area contributed by atoms with Crippen LogP contribution in [0.25, 0.3) is 6.08 Å². The Kier molecular flexibility index (Phi) is 8.10. The van der Waals surface area contributed by atoms with E-state index in [1.165, 1.54) is 6.08 Å². The molecule has 0 aliphatic carbocycles. The predicted octanol–water partition coefficient (Wildman–Crippen LogP) is 5.08. The van der Waals surface area contributed by atoms with Gasteiger partial charge in [0.25, 0.3) is 5.91 Å². The molecule has 166 valence electrons. The zero-order chi connectivity index (χ0) is 23.1. The molecule has 1 aliphatic heterocycles. The van der Waals surface area contributed by atoms with Gasteiger partial charge >= 0.3 is 6.03 Å². The largest absolute Gasteiger partial charge is 0.490 e. The highest BCUT2D eigenvalue weighted by Gasteiger charge is 2.32. The second-order valence-corrected chi connectivity index (χ2v) is 8.29. The van der Waals surface area contributed by atoms with Crippen molar-refractivity contribution >= 4 is 40.6 Å². The second kappa shape index (κ2) is 11.0. The maximum Gasteiger partial charge on any atom is 0.329 e. The molecule has 1 heterocycles. The number of carbonyl (C=O) groups excluding carboxylic acids is 2. The van der Waals surface area contributed by atoms with Crippen molar-refractivity contribution in [1.82, 2.24) is 10.2 Å². The number of nitrogens with one attached hydrogen (secondary N) is 1. The minimum Gasteiger partial charge on any atom is -0.490 e. The van der Waals surface area contributed by atoms with E-state index < -0.39 is 11.9 Å². The van der Waals surface area contributed by atoms with Crippen molar-refractivity contribution in [3.05, 3.63) is 87.7 Å². The molecule has 0 atom stereocenters. The highest BCUT2D eigenvalue weighted by Crippen LogP contribution is 2.35. The number of nitrogens with zero attached hydrogens (tertiary/aromatic N) is 1. The Morgan fingerprint density at radius 2 is 1.84 bits per heavy atom. The van der Waals surface area contributed by atoms with Crippen LogP contribution in [-0.2, 0) is 17.8 Å². The summed E-state index contributed by atoms with van der Waals surface area (Å²) in [5, 5.41) is 2.61. The SMILES string of the molecule is C=CCc1cc(/C=C2/NC(=O)N(CC=C)C2=O)cc(OCC)c1OCc1ccc(I)cc1. The van der Waals surface area contributed by atoms with Crippen LogP contribution in [0.5, 0.6) is 11.5 Å². The minimum absolute atomic E-state index is 0.152. The maximum atomic E-state index is 12.5. The third-order valence-corrected chi connectivity index (χ3v) is 5.42. The molecule has 3 rings (SSSR count). The lowest BCUT2D eigenvalue weighted by Crippen LogP contribution is -2.30. The van der Waals surface area contributed by atoms with Gasteiger partial charge in [0.15, 0.2) is 11.5 Å². The molecule has 2 aromatic rings. The van der Waals surface area contributed by atoms with Gasteiger partial charge in [0.2, 0.25) is 0 Å². The third kappa shape index (κ3) is 5.59. The highest BCUT2D eigenvalue weighted by atomic mass is 127. The number of urea groups is 1. The second-order valence-electron chi connectivity index (χ2n) is 7.04. The van der Waals surface area contributed by atoms with Gasteiger partial charge in [-0.3, -0.25) is 9.69 Å². The van der Waals surface area contributed by atoms with Crippen LogP contribution < -0.4 is 14.8 Å². The molecule has 0 saturated carbocycles. The van der Waals surface area contributed by atoms with Crippen LogP contribution in [0.2, 0.25) is 0 Å².